The van der Waals surface area contributed by atoms with Crippen LogP contribution in [0, 0.1) is 0 Å². The van der Waals surface area contributed by atoms with Crippen molar-refractivity contribution < 1.29 is 0 Å². The van der Waals surface area contributed by atoms with Gasteiger partial charge in [-0.1, -0.05) is 39.0 Å². The molecule has 0 unspecified atom stereocenters. The lowest BCUT2D eigenvalue weighted by Gasteiger charge is -2.36. The van der Waals surface area contributed by atoms with Gasteiger partial charge in [-0.15, -0.1) is 0 Å². The molecule has 1 heterocycles. The number of H-pyrrole nitrogens is 1. The summed E-state index contributed by atoms with van der Waals surface area (Å²) in [5.74, 6) is 3.85. The maximum absolute atomic E-state index is 3.63. The maximum atomic E-state index is 3.63. The molecule has 1 N–H and O–H groups in total. The number of fused-ring (bicyclic) bond motifs is 1. The minimum Gasteiger partial charge on any atom is -0.351 e. The van der Waals surface area contributed by atoms with Crippen LogP contribution in [0.25, 0.3) is 10.9 Å². The van der Waals surface area contributed by atoms with Gasteiger partial charge in [0, 0.05) is 10.9 Å². The average molecular weight is 235 g/mol. The Bertz CT molecular complexity index is 427. The lowest BCUT2D eigenvalue weighted by Crippen LogP contribution is -2.09. The Labute approximate surface area is 99.6 Å². The van der Waals surface area contributed by atoms with E-state index >= 15 is 0 Å². The van der Waals surface area contributed by atoms with Gasteiger partial charge in [-0.05, 0) is 29.4 Å². The molecule has 2 rings (SSSR count). The van der Waals surface area contributed by atoms with Crippen molar-refractivity contribution in [1.82, 2.24) is 4.98 Å². The molecule has 2 aromatic rings. The first kappa shape index (κ1) is 11.6. The third kappa shape index (κ3) is 1.75. The van der Waals surface area contributed by atoms with Crippen molar-refractivity contribution in [3.05, 3.63) is 30.3 Å². The van der Waals surface area contributed by atoms with Gasteiger partial charge in [0.2, 0.25) is 0 Å². The third-order valence-corrected chi connectivity index (χ3v) is 8.10. The fraction of sp³-hybridized carbons (Fsp3) is 0.429. The molecule has 0 amide bonds. The Morgan fingerprint density at radius 3 is 2.19 bits per heavy atom. The molecule has 0 saturated heterocycles. The molecule has 0 fully saturated rings. The molecule has 0 aliphatic heterocycles. The normalized spacial score (nSPS) is 13.2. The number of rotatable bonds is 4. The quantitative estimate of drug-likeness (QED) is 0.809. The molecule has 0 aliphatic rings. The van der Waals surface area contributed by atoms with Gasteiger partial charge >= 0.3 is 0 Å². The van der Waals surface area contributed by atoms with E-state index in [0.29, 0.717) is 0 Å². The zero-order chi connectivity index (χ0) is 11.6. The van der Waals surface area contributed by atoms with Gasteiger partial charge in [0.1, 0.15) is 0 Å². The van der Waals surface area contributed by atoms with Crippen LogP contribution in [0.1, 0.15) is 20.8 Å². The zero-order valence-electron chi connectivity index (χ0n) is 10.4. The lowest BCUT2D eigenvalue weighted by atomic mass is 10.3. The highest BCUT2D eigenvalue weighted by Crippen LogP contribution is 2.54. The largest absolute Gasteiger partial charge is 0.351 e. The monoisotopic (exact) mass is 235 g/mol. The SMILES string of the molecule is CCS(CC)(CC)c1cc2ccccc2[nH]1. The van der Waals surface area contributed by atoms with Crippen LogP contribution in [-0.2, 0) is 0 Å². The maximum Gasteiger partial charge on any atom is 0.0559 e. The minimum absolute atomic E-state index is 0.606. The predicted octanol–water partition coefficient (Wildman–Crippen LogP) is 4.39. The van der Waals surface area contributed by atoms with Crippen LogP contribution in [0.3, 0.4) is 0 Å². The first-order valence-electron chi connectivity index (χ1n) is 6.10. The second kappa shape index (κ2) is 4.54. The fourth-order valence-electron chi connectivity index (χ4n) is 2.36. The second-order valence-corrected chi connectivity index (χ2v) is 8.39. The Morgan fingerprint density at radius 1 is 1.00 bits per heavy atom. The van der Waals surface area contributed by atoms with E-state index in [-0.39, 0.29) is 0 Å². The lowest BCUT2D eigenvalue weighted by molar-refractivity contribution is 1.17. The predicted molar refractivity (Wildman–Crippen MR) is 75.8 cm³/mol. The molecule has 1 aromatic heterocycles. The molecule has 2 heteroatoms. The molecular weight excluding hydrogens is 214 g/mol. The van der Waals surface area contributed by atoms with Gasteiger partial charge in [-0.2, -0.15) is 0 Å². The van der Waals surface area contributed by atoms with Gasteiger partial charge < -0.3 is 4.98 Å². The van der Waals surface area contributed by atoms with E-state index < -0.39 is 10.0 Å². The molecule has 1 aromatic carbocycles. The molecule has 0 atom stereocenters. The van der Waals surface area contributed by atoms with E-state index in [1.165, 1.54) is 33.2 Å². The minimum atomic E-state index is -0.606. The summed E-state index contributed by atoms with van der Waals surface area (Å²) in [4.78, 5) is 3.63. The first-order chi connectivity index (χ1) is 7.75. The first-order valence-corrected chi connectivity index (χ1v) is 8.24. The summed E-state index contributed by atoms with van der Waals surface area (Å²) in [6.07, 6.45) is 0. The van der Waals surface area contributed by atoms with Crippen molar-refractivity contribution in [1.29, 1.82) is 0 Å². The van der Waals surface area contributed by atoms with Gasteiger partial charge in [0.25, 0.3) is 0 Å². The Kier molecular flexibility index (Phi) is 3.29. The summed E-state index contributed by atoms with van der Waals surface area (Å²) >= 11 is 0. The Hall–Kier alpha value is -0.890. The topological polar surface area (TPSA) is 15.8 Å². The van der Waals surface area contributed by atoms with Crippen molar-refractivity contribution in [3.63, 3.8) is 0 Å². The van der Waals surface area contributed by atoms with E-state index in [0.717, 1.165) is 0 Å². The number of nitrogens with one attached hydrogen (secondary N) is 1. The number of aromatic nitrogens is 1. The van der Waals surface area contributed by atoms with E-state index in [4.69, 9.17) is 0 Å². The summed E-state index contributed by atoms with van der Waals surface area (Å²) in [6.45, 7) is 6.98. The highest BCUT2D eigenvalue weighted by Gasteiger charge is 2.21. The van der Waals surface area contributed by atoms with Gasteiger partial charge in [0.05, 0.1) is 5.03 Å². The number of benzene rings is 1. The van der Waals surface area contributed by atoms with Crippen molar-refractivity contribution in [2.45, 2.75) is 25.8 Å². The van der Waals surface area contributed by atoms with Crippen LogP contribution in [0.5, 0.6) is 0 Å². The van der Waals surface area contributed by atoms with Crippen LogP contribution in [0.15, 0.2) is 35.4 Å². The van der Waals surface area contributed by atoms with Crippen LogP contribution in [-0.4, -0.2) is 22.2 Å². The van der Waals surface area contributed by atoms with Crippen LogP contribution >= 0.6 is 10.0 Å². The van der Waals surface area contributed by atoms with E-state index in [1.54, 1.807) is 0 Å². The van der Waals surface area contributed by atoms with Crippen LogP contribution in [0.2, 0.25) is 0 Å². The number of hydrogen-bond acceptors (Lipinski definition) is 0. The van der Waals surface area contributed by atoms with Gasteiger partial charge in [-0.25, -0.2) is 10.0 Å². The number of hydrogen-bond donors (Lipinski definition) is 1. The summed E-state index contributed by atoms with van der Waals surface area (Å²) in [7, 11) is -0.606. The summed E-state index contributed by atoms with van der Waals surface area (Å²) < 4.78 is 0. The highest BCUT2D eigenvalue weighted by atomic mass is 32.3. The number of aromatic amines is 1. The smallest absolute Gasteiger partial charge is 0.0559 e. The summed E-state index contributed by atoms with van der Waals surface area (Å²) in [5, 5.41) is 2.84. The Balaban J connectivity index is 2.53. The van der Waals surface area contributed by atoms with Crippen molar-refractivity contribution in [2.75, 3.05) is 17.3 Å². The molecule has 1 nitrogen and oxygen atoms in total. The van der Waals surface area contributed by atoms with Crippen LogP contribution in [0.4, 0.5) is 0 Å². The highest BCUT2D eigenvalue weighted by molar-refractivity contribution is 8.33. The van der Waals surface area contributed by atoms with E-state index in [1.807, 2.05) is 0 Å². The summed E-state index contributed by atoms with van der Waals surface area (Å²) in [5.41, 5.74) is 1.28. The molecule has 0 saturated carbocycles. The summed E-state index contributed by atoms with van der Waals surface area (Å²) in [6, 6.07) is 10.9. The molecule has 0 bridgehead atoms. The molecule has 0 aliphatic carbocycles. The van der Waals surface area contributed by atoms with E-state index in [2.05, 4.69) is 56.1 Å². The van der Waals surface area contributed by atoms with Crippen molar-refractivity contribution >= 4 is 20.9 Å². The van der Waals surface area contributed by atoms with Gasteiger partial charge in [-0.3, -0.25) is 0 Å². The third-order valence-electron chi connectivity index (χ3n) is 3.63. The molecule has 0 spiro atoms. The molecule has 0 radical (unpaired) electrons. The van der Waals surface area contributed by atoms with E-state index in [9.17, 15) is 0 Å². The average Bonchev–Trinajstić information content (AvgIpc) is 2.76. The van der Waals surface area contributed by atoms with Gasteiger partial charge in [0.15, 0.2) is 0 Å². The second-order valence-electron chi connectivity index (χ2n) is 4.13. The fourth-order valence-corrected chi connectivity index (χ4v) is 5.22. The van der Waals surface area contributed by atoms with Crippen molar-refractivity contribution in [2.24, 2.45) is 0 Å². The molecule has 88 valence electrons. The zero-order valence-corrected chi connectivity index (χ0v) is 11.2. The standard InChI is InChI=1S/C14H21NS/c1-4-16(5-2,6-3)14-11-12-9-7-8-10-13(12)15-14/h7-11,15H,4-6H2,1-3H3. The van der Waals surface area contributed by atoms with Crippen molar-refractivity contribution in [3.8, 4) is 0 Å². The molecular formula is C14H21NS. The Morgan fingerprint density at radius 2 is 1.62 bits per heavy atom. The molecule has 16 heavy (non-hydrogen) atoms. The van der Waals surface area contributed by atoms with Crippen LogP contribution < -0.4 is 0 Å². The number of para-hydroxylation sites is 1.